The molecule has 0 saturated heterocycles. The van der Waals surface area contributed by atoms with Crippen LogP contribution in [-0.2, 0) is 19.1 Å². The summed E-state index contributed by atoms with van der Waals surface area (Å²) in [5.74, 6) is -0.706. The molecule has 0 saturated carbocycles. The number of carbonyl (C=O) groups is 2. The van der Waals surface area contributed by atoms with Crippen LogP contribution in [-0.4, -0.2) is 25.2 Å². The molecule has 0 N–H and O–H groups in total. The molecule has 0 aliphatic rings. The molecular weight excluding hydrogens is 360 g/mol. The summed E-state index contributed by atoms with van der Waals surface area (Å²) in [6.07, 6.45) is 10.1. The van der Waals surface area contributed by atoms with Crippen molar-refractivity contribution < 1.29 is 19.1 Å². The highest BCUT2D eigenvalue weighted by molar-refractivity contribution is 7.20. The van der Waals surface area contributed by atoms with Crippen LogP contribution in [0.25, 0.3) is 22.2 Å². The van der Waals surface area contributed by atoms with Crippen molar-refractivity contribution in [3.8, 4) is 0 Å². The van der Waals surface area contributed by atoms with Gasteiger partial charge in [-0.2, -0.15) is 0 Å². The zero-order valence-corrected chi connectivity index (χ0v) is 16.7. The minimum atomic E-state index is -0.354. The van der Waals surface area contributed by atoms with Gasteiger partial charge in [-0.1, -0.05) is 44.9 Å². The first kappa shape index (κ1) is 20.9. The number of fused-ring (bicyclic) bond motifs is 1. The van der Waals surface area contributed by atoms with E-state index in [1.807, 2.05) is 38.1 Å². The smallest absolute Gasteiger partial charge is 0.330 e. The van der Waals surface area contributed by atoms with Gasteiger partial charge in [0.2, 0.25) is 0 Å². The van der Waals surface area contributed by atoms with E-state index in [0.29, 0.717) is 13.2 Å². The summed E-state index contributed by atoms with van der Waals surface area (Å²) >= 11 is 1.57. The summed E-state index contributed by atoms with van der Waals surface area (Å²) in [6.45, 7) is 4.96. The van der Waals surface area contributed by atoms with Gasteiger partial charge in [0.1, 0.15) is 0 Å². The summed E-state index contributed by atoms with van der Waals surface area (Å²) in [5.41, 5.74) is 0.903. The Morgan fingerprint density at radius 3 is 2.15 bits per heavy atom. The molecule has 0 fully saturated rings. The number of hydrogen-bond donors (Lipinski definition) is 0. The minimum Gasteiger partial charge on any atom is -0.463 e. The van der Waals surface area contributed by atoms with Gasteiger partial charge in [0.05, 0.1) is 13.2 Å². The lowest BCUT2D eigenvalue weighted by Gasteiger charge is -2.00. The summed E-state index contributed by atoms with van der Waals surface area (Å²) in [5, 5.41) is 1.04. The zero-order valence-electron chi connectivity index (χ0n) is 15.9. The van der Waals surface area contributed by atoms with Crippen LogP contribution in [0.3, 0.4) is 0 Å². The van der Waals surface area contributed by atoms with Gasteiger partial charge in [0, 0.05) is 32.7 Å². The molecule has 0 radical (unpaired) electrons. The predicted molar refractivity (Wildman–Crippen MR) is 112 cm³/mol. The van der Waals surface area contributed by atoms with Crippen LogP contribution >= 0.6 is 11.3 Å². The highest BCUT2D eigenvalue weighted by Gasteiger charge is 2.09. The van der Waals surface area contributed by atoms with Crippen LogP contribution in [0.4, 0.5) is 0 Å². The molecular formula is C22H26O4S. The van der Waals surface area contributed by atoms with Gasteiger partial charge in [-0.3, -0.25) is 0 Å². The van der Waals surface area contributed by atoms with Crippen LogP contribution in [0.1, 0.15) is 50.0 Å². The number of rotatable bonds is 10. The third-order valence-corrected chi connectivity index (χ3v) is 5.06. The van der Waals surface area contributed by atoms with E-state index in [4.69, 9.17) is 9.47 Å². The Balaban J connectivity index is 2.17. The lowest BCUT2D eigenvalue weighted by Crippen LogP contribution is -2.02. The zero-order chi connectivity index (χ0) is 19.5. The predicted octanol–water partition coefficient (Wildman–Crippen LogP) is 5.61. The van der Waals surface area contributed by atoms with Gasteiger partial charge >= 0.3 is 11.9 Å². The molecule has 1 aromatic carbocycles. The summed E-state index contributed by atoms with van der Waals surface area (Å²) in [7, 11) is 0. The van der Waals surface area contributed by atoms with Crippen molar-refractivity contribution in [2.75, 3.05) is 13.2 Å². The van der Waals surface area contributed by atoms with Crippen LogP contribution in [0, 0.1) is 0 Å². The SMILES string of the molecule is CCCCOC(=O)/C=C/c1sc2ccccc2c1/C=C/C(=O)OCCCC. The van der Waals surface area contributed by atoms with Crippen LogP contribution < -0.4 is 0 Å². The molecule has 144 valence electrons. The van der Waals surface area contributed by atoms with Crippen molar-refractivity contribution in [3.63, 3.8) is 0 Å². The number of unbranched alkanes of at least 4 members (excludes halogenated alkanes) is 2. The molecule has 0 amide bonds. The van der Waals surface area contributed by atoms with Gasteiger partial charge in [0.15, 0.2) is 0 Å². The Kier molecular flexibility index (Phi) is 8.78. The second kappa shape index (κ2) is 11.3. The number of esters is 2. The molecule has 2 rings (SSSR count). The molecule has 1 heterocycles. The van der Waals surface area contributed by atoms with Crippen LogP contribution in [0.15, 0.2) is 36.4 Å². The molecule has 1 aromatic heterocycles. The largest absolute Gasteiger partial charge is 0.463 e. The fourth-order valence-corrected chi connectivity index (χ4v) is 3.50. The van der Waals surface area contributed by atoms with E-state index < -0.39 is 0 Å². The van der Waals surface area contributed by atoms with E-state index in [2.05, 4.69) is 0 Å². The first-order chi connectivity index (χ1) is 13.2. The lowest BCUT2D eigenvalue weighted by atomic mass is 10.1. The monoisotopic (exact) mass is 386 g/mol. The Bertz CT molecular complexity index is 817. The summed E-state index contributed by atoms with van der Waals surface area (Å²) < 4.78 is 11.4. The van der Waals surface area contributed by atoms with Crippen molar-refractivity contribution in [2.24, 2.45) is 0 Å². The lowest BCUT2D eigenvalue weighted by molar-refractivity contribution is -0.138. The first-order valence-corrected chi connectivity index (χ1v) is 10.2. The Morgan fingerprint density at radius 2 is 1.52 bits per heavy atom. The van der Waals surface area contributed by atoms with Crippen molar-refractivity contribution >= 4 is 45.5 Å². The molecule has 27 heavy (non-hydrogen) atoms. The van der Waals surface area contributed by atoms with Crippen molar-refractivity contribution in [1.82, 2.24) is 0 Å². The molecule has 0 atom stereocenters. The Hall–Kier alpha value is -2.40. The average molecular weight is 387 g/mol. The molecule has 0 bridgehead atoms. The highest BCUT2D eigenvalue weighted by atomic mass is 32.1. The molecule has 0 spiro atoms. The van der Waals surface area contributed by atoms with Gasteiger partial charge in [-0.05, 0) is 31.1 Å². The van der Waals surface area contributed by atoms with Gasteiger partial charge < -0.3 is 9.47 Å². The van der Waals surface area contributed by atoms with E-state index in [-0.39, 0.29) is 11.9 Å². The topological polar surface area (TPSA) is 52.6 Å². The van der Waals surface area contributed by atoms with E-state index in [1.54, 1.807) is 23.5 Å². The van der Waals surface area contributed by atoms with Crippen molar-refractivity contribution in [1.29, 1.82) is 0 Å². The van der Waals surface area contributed by atoms with Gasteiger partial charge in [0.25, 0.3) is 0 Å². The molecule has 0 aliphatic heterocycles. The Morgan fingerprint density at radius 1 is 0.926 bits per heavy atom. The molecule has 2 aromatic rings. The highest BCUT2D eigenvalue weighted by Crippen LogP contribution is 2.33. The third kappa shape index (κ3) is 6.68. The van der Waals surface area contributed by atoms with E-state index in [0.717, 1.165) is 46.2 Å². The first-order valence-electron chi connectivity index (χ1n) is 9.37. The maximum Gasteiger partial charge on any atom is 0.330 e. The van der Waals surface area contributed by atoms with Gasteiger partial charge in [-0.25, -0.2) is 9.59 Å². The standard InChI is InChI=1S/C22H26O4S/c1-3-5-15-25-21(23)13-11-18-17-9-7-8-10-19(17)27-20(18)12-14-22(24)26-16-6-4-2/h7-14H,3-6,15-16H2,1-2H3/b13-11+,14-12+. The van der Waals surface area contributed by atoms with Crippen LogP contribution in [0.2, 0.25) is 0 Å². The second-order valence-electron chi connectivity index (χ2n) is 6.08. The maximum absolute atomic E-state index is 11.9. The molecule has 4 nitrogen and oxygen atoms in total. The number of thiophene rings is 1. The minimum absolute atomic E-state index is 0.352. The fourth-order valence-electron chi connectivity index (χ4n) is 2.41. The van der Waals surface area contributed by atoms with E-state index in [9.17, 15) is 9.59 Å². The third-order valence-electron chi connectivity index (χ3n) is 3.90. The number of carbonyl (C=O) groups excluding carboxylic acids is 2. The molecule has 0 aliphatic carbocycles. The number of ether oxygens (including phenoxy) is 2. The quantitative estimate of drug-likeness (QED) is 0.302. The Labute approximate surface area is 164 Å². The summed E-state index contributed by atoms with van der Waals surface area (Å²) in [6, 6.07) is 7.95. The van der Waals surface area contributed by atoms with Crippen LogP contribution in [0.5, 0.6) is 0 Å². The van der Waals surface area contributed by atoms with E-state index >= 15 is 0 Å². The van der Waals surface area contributed by atoms with Crippen molar-refractivity contribution in [3.05, 3.63) is 46.9 Å². The maximum atomic E-state index is 11.9. The fraction of sp³-hybridized carbons (Fsp3) is 0.364. The molecule has 5 heteroatoms. The van der Waals surface area contributed by atoms with E-state index in [1.165, 1.54) is 12.2 Å². The summed E-state index contributed by atoms with van der Waals surface area (Å²) in [4.78, 5) is 24.6. The normalized spacial score (nSPS) is 11.5. The average Bonchev–Trinajstić information content (AvgIpc) is 3.02. The number of hydrogen-bond acceptors (Lipinski definition) is 5. The second-order valence-corrected chi connectivity index (χ2v) is 7.17. The van der Waals surface area contributed by atoms with Gasteiger partial charge in [-0.15, -0.1) is 11.3 Å². The number of benzene rings is 1. The molecule has 0 unspecified atom stereocenters. The van der Waals surface area contributed by atoms with Crippen molar-refractivity contribution in [2.45, 2.75) is 39.5 Å².